The third-order valence-electron chi connectivity index (χ3n) is 3.17. The largest absolute Gasteiger partial charge is 0.481 e. The Bertz CT molecular complexity index is 848. The summed E-state index contributed by atoms with van der Waals surface area (Å²) in [6.07, 6.45) is 2.80. The lowest BCUT2D eigenvalue weighted by Crippen LogP contribution is -2.25. The number of rotatable bonds is 3. The van der Waals surface area contributed by atoms with Gasteiger partial charge in [0.1, 0.15) is 11.5 Å². The SMILES string of the molecule is O=C1COc2cc(OC(=O)/C=C/c3ccc(Cl)cc3Cl)ccc2N1. The molecule has 1 aliphatic rings. The van der Waals surface area contributed by atoms with Crippen molar-refractivity contribution < 1.29 is 19.1 Å². The van der Waals surface area contributed by atoms with E-state index in [9.17, 15) is 9.59 Å². The van der Waals surface area contributed by atoms with Crippen LogP contribution in [0.25, 0.3) is 6.08 Å². The van der Waals surface area contributed by atoms with E-state index in [1.165, 1.54) is 18.2 Å². The van der Waals surface area contributed by atoms with Crippen molar-refractivity contribution in [3.8, 4) is 11.5 Å². The maximum Gasteiger partial charge on any atom is 0.336 e. The summed E-state index contributed by atoms with van der Waals surface area (Å²) in [6.45, 7) is -0.0701. The van der Waals surface area contributed by atoms with Gasteiger partial charge in [0, 0.05) is 22.2 Å². The van der Waals surface area contributed by atoms with Crippen molar-refractivity contribution in [2.45, 2.75) is 0 Å². The van der Waals surface area contributed by atoms with Crippen LogP contribution in [0.15, 0.2) is 42.5 Å². The lowest BCUT2D eigenvalue weighted by atomic mass is 10.2. The van der Waals surface area contributed by atoms with Gasteiger partial charge in [-0.15, -0.1) is 0 Å². The van der Waals surface area contributed by atoms with E-state index in [1.807, 2.05) is 0 Å². The lowest BCUT2D eigenvalue weighted by molar-refractivity contribution is -0.129. The molecule has 1 N–H and O–H groups in total. The molecule has 1 aliphatic heterocycles. The van der Waals surface area contributed by atoms with E-state index >= 15 is 0 Å². The van der Waals surface area contributed by atoms with E-state index in [1.54, 1.807) is 30.3 Å². The Hall–Kier alpha value is -2.50. The van der Waals surface area contributed by atoms with Gasteiger partial charge in [0.25, 0.3) is 5.91 Å². The number of carbonyl (C=O) groups excluding carboxylic acids is 2. The summed E-state index contributed by atoms with van der Waals surface area (Å²) >= 11 is 11.8. The fourth-order valence-electron chi connectivity index (χ4n) is 2.06. The molecule has 1 amide bonds. The highest BCUT2D eigenvalue weighted by molar-refractivity contribution is 6.35. The number of ether oxygens (including phenoxy) is 2. The molecule has 1 heterocycles. The van der Waals surface area contributed by atoms with Crippen LogP contribution in [-0.2, 0) is 9.59 Å². The molecule has 0 saturated heterocycles. The maximum absolute atomic E-state index is 11.9. The van der Waals surface area contributed by atoms with Crippen molar-refractivity contribution in [3.05, 3.63) is 58.1 Å². The average molecular weight is 364 g/mol. The van der Waals surface area contributed by atoms with Gasteiger partial charge in [-0.3, -0.25) is 4.79 Å². The number of halogens is 2. The number of amides is 1. The van der Waals surface area contributed by atoms with Crippen LogP contribution in [0.4, 0.5) is 5.69 Å². The van der Waals surface area contributed by atoms with Gasteiger partial charge in [0.15, 0.2) is 6.61 Å². The van der Waals surface area contributed by atoms with Crippen LogP contribution >= 0.6 is 23.2 Å². The molecule has 2 aromatic carbocycles. The molecular formula is C17H11Cl2NO4. The highest BCUT2D eigenvalue weighted by atomic mass is 35.5. The Morgan fingerprint density at radius 1 is 1.21 bits per heavy atom. The first-order valence-electron chi connectivity index (χ1n) is 6.93. The second-order valence-electron chi connectivity index (χ2n) is 4.92. The van der Waals surface area contributed by atoms with Crippen LogP contribution in [-0.4, -0.2) is 18.5 Å². The van der Waals surface area contributed by atoms with Crippen molar-refractivity contribution in [1.82, 2.24) is 0 Å². The molecule has 0 radical (unpaired) electrons. The second kappa shape index (κ2) is 6.95. The summed E-state index contributed by atoms with van der Waals surface area (Å²) < 4.78 is 10.5. The quantitative estimate of drug-likeness (QED) is 0.509. The monoisotopic (exact) mass is 363 g/mol. The van der Waals surface area contributed by atoms with Crippen molar-refractivity contribution in [3.63, 3.8) is 0 Å². The first-order chi connectivity index (χ1) is 11.5. The van der Waals surface area contributed by atoms with Gasteiger partial charge in [-0.2, -0.15) is 0 Å². The van der Waals surface area contributed by atoms with E-state index in [0.717, 1.165) is 0 Å². The normalized spacial score (nSPS) is 13.2. The van der Waals surface area contributed by atoms with Gasteiger partial charge in [-0.05, 0) is 35.9 Å². The number of benzene rings is 2. The number of hydrogen-bond donors (Lipinski definition) is 1. The number of nitrogens with one attached hydrogen (secondary N) is 1. The van der Waals surface area contributed by atoms with Gasteiger partial charge in [0.05, 0.1) is 5.69 Å². The Balaban J connectivity index is 1.69. The zero-order valence-corrected chi connectivity index (χ0v) is 13.7. The number of hydrogen-bond acceptors (Lipinski definition) is 4. The molecule has 5 nitrogen and oxygen atoms in total. The first-order valence-corrected chi connectivity index (χ1v) is 7.68. The molecule has 0 bridgehead atoms. The van der Waals surface area contributed by atoms with Crippen LogP contribution < -0.4 is 14.8 Å². The fraction of sp³-hybridized carbons (Fsp3) is 0.0588. The molecule has 7 heteroatoms. The van der Waals surface area contributed by atoms with Crippen LogP contribution in [0, 0.1) is 0 Å². The number of fused-ring (bicyclic) bond motifs is 1. The van der Waals surface area contributed by atoms with Gasteiger partial charge >= 0.3 is 5.97 Å². The van der Waals surface area contributed by atoms with Gasteiger partial charge in [-0.1, -0.05) is 29.3 Å². The molecular weight excluding hydrogens is 353 g/mol. The van der Waals surface area contributed by atoms with E-state index < -0.39 is 5.97 Å². The molecule has 3 rings (SSSR count). The standard InChI is InChI=1S/C17H11Cl2NO4/c18-11-3-1-10(13(19)7-11)2-6-17(22)24-12-4-5-14-15(8-12)23-9-16(21)20-14/h1-8H,9H2,(H,20,21)/b6-2+. The Morgan fingerprint density at radius 2 is 2.04 bits per heavy atom. The summed E-state index contributed by atoms with van der Waals surface area (Å²) in [5.74, 6) is -0.0396. The molecule has 122 valence electrons. The second-order valence-corrected chi connectivity index (χ2v) is 5.76. The van der Waals surface area contributed by atoms with Crippen molar-refractivity contribution in [1.29, 1.82) is 0 Å². The minimum absolute atomic E-state index is 0.0701. The van der Waals surface area contributed by atoms with E-state index in [-0.39, 0.29) is 12.5 Å². The van der Waals surface area contributed by atoms with Crippen molar-refractivity contribution in [2.24, 2.45) is 0 Å². The zero-order chi connectivity index (χ0) is 17.1. The van der Waals surface area contributed by atoms with E-state index in [2.05, 4.69) is 5.32 Å². The van der Waals surface area contributed by atoms with E-state index in [0.29, 0.717) is 32.8 Å². The molecule has 24 heavy (non-hydrogen) atoms. The molecule has 0 spiro atoms. The smallest absolute Gasteiger partial charge is 0.336 e. The number of anilines is 1. The minimum Gasteiger partial charge on any atom is -0.481 e. The van der Waals surface area contributed by atoms with Gasteiger partial charge in [-0.25, -0.2) is 4.79 Å². The predicted molar refractivity (Wildman–Crippen MR) is 91.7 cm³/mol. The van der Waals surface area contributed by atoms with Crippen LogP contribution in [0.5, 0.6) is 11.5 Å². The average Bonchev–Trinajstić information content (AvgIpc) is 2.54. The number of esters is 1. The molecule has 2 aromatic rings. The highest BCUT2D eigenvalue weighted by Gasteiger charge is 2.16. The zero-order valence-electron chi connectivity index (χ0n) is 12.2. The molecule has 0 fully saturated rings. The molecule has 0 aromatic heterocycles. The minimum atomic E-state index is -0.569. The van der Waals surface area contributed by atoms with Gasteiger partial charge < -0.3 is 14.8 Å². The molecule has 0 saturated carbocycles. The lowest BCUT2D eigenvalue weighted by Gasteiger charge is -2.18. The van der Waals surface area contributed by atoms with Crippen LogP contribution in [0.1, 0.15) is 5.56 Å². The highest BCUT2D eigenvalue weighted by Crippen LogP contribution is 2.31. The Kier molecular flexibility index (Phi) is 4.74. The number of carbonyl (C=O) groups is 2. The van der Waals surface area contributed by atoms with Crippen LogP contribution in [0.2, 0.25) is 10.0 Å². The summed E-state index contributed by atoms with van der Waals surface area (Å²) in [6, 6.07) is 9.67. The van der Waals surface area contributed by atoms with Gasteiger partial charge in [0.2, 0.25) is 0 Å². The van der Waals surface area contributed by atoms with Crippen molar-refractivity contribution >= 4 is 46.8 Å². The summed E-state index contributed by atoms with van der Waals surface area (Å²) in [5, 5.41) is 3.60. The summed E-state index contributed by atoms with van der Waals surface area (Å²) in [4.78, 5) is 23.1. The predicted octanol–water partition coefficient (Wildman–Crippen LogP) is 3.94. The molecule has 0 unspecified atom stereocenters. The van der Waals surface area contributed by atoms with Crippen molar-refractivity contribution in [2.75, 3.05) is 11.9 Å². The molecule has 0 aliphatic carbocycles. The van der Waals surface area contributed by atoms with Crippen LogP contribution in [0.3, 0.4) is 0 Å². The third kappa shape index (κ3) is 3.88. The maximum atomic E-state index is 11.9. The Morgan fingerprint density at radius 3 is 2.83 bits per heavy atom. The summed E-state index contributed by atoms with van der Waals surface area (Å²) in [7, 11) is 0. The topological polar surface area (TPSA) is 64.6 Å². The first kappa shape index (κ1) is 16.4. The Labute approximate surface area is 147 Å². The van der Waals surface area contributed by atoms with E-state index in [4.69, 9.17) is 32.7 Å². The summed E-state index contributed by atoms with van der Waals surface area (Å²) in [5.41, 5.74) is 1.18. The third-order valence-corrected chi connectivity index (χ3v) is 3.73. The molecule has 0 atom stereocenters. The fourth-order valence-corrected chi connectivity index (χ4v) is 2.53.